The molecular formula is C10H11N3O2. The van der Waals surface area contributed by atoms with E-state index in [9.17, 15) is 4.79 Å². The highest BCUT2D eigenvalue weighted by Crippen LogP contribution is 2.14. The molecule has 0 bridgehead atoms. The molecule has 0 saturated carbocycles. The fraction of sp³-hybridized carbons (Fsp3) is 0.300. The quantitative estimate of drug-likeness (QED) is 0.431. The van der Waals surface area contributed by atoms with Crippen molar-refractivity contribution in [1.82, 2.24) is 0 Å². The van der Waals surface area contributed by atoms with Crippen molar-refractivity contribution in [1.29, 1.82) is 0 Å². The van der Waals surface area contributed by atoms with Crippen LogP contribution >= 0.6 is 0 Å². The monoisotopic (exact) mass is 205 g/mol. The van der Waals surface area contributed by atoms with Crippen LogP contribution in [0.5, 0.6) is 0 Å². The second-order valence-electron chi connectivity index (χ2n) is 3.08. The predicted molar refractivity (Wildman–Crippen MR) is 55.4 cm³/mol. The van der Waals surface area contributed by atoms with Gasteiger partial charge in [0.2, 0.25) is 0 Å². The fourth-order valence-electron chi connectivity index (χ4n) is 1.14. The molecule has 5 nitrogen and oxygen atoms in total. The summed E-state index contributed by atoms with van der Waals surface area (Å²) in [6, 6.07) is 9.66. The maximum atomic E-state index is 10.7. The van der Waals surface area contributed by atoms with Crippen molar-refractivity contribution in [2.24, 2.45) is 5.11 Å². The largest absolute Gasteiger partial charge is 0.460 e. The van der Waals surface area contributed by atoms with Crippen LogP contribution in [-0.4, -0.2) is 12.7 Å². The molecule has 1 amide bonds. The van der Waals surface area contributed by atoms with Gasteiger partial charge in [0, 0.05) is 15.9 Å². The van der Waals surface area contributed by atoms with Crippen LogP contribution in [0, 0.1) is 0 Å². The molecule has 78 valence electrons. The maximum absolute atomic E-state index is 10.7. The summed E-state index contributed by atoms with van der Waals surface area (Å²) in [7, 11) is 0. The number of hydrogen-bond donors (Lipinski definition) is 0. The summed E-state index contributed by atoms with van der Waals surface area (Å²) in [5.41, 5.74) is 9.05. The summed E-state index contributed by atoms with van der Waals surface area (Å²) in [5.74, 6) is 0.0871. The van der Waals surface area contributed by atoms with Crippen molar-refractivity contribution in [2.75, 3.05) is 6.61 Å². The first-order valence-electron chi connectivity index (χ1n) is 4.51. The number of carbonyl (C=O) groups is 1. The minimum atomic E-state index is -0.889. The van der Waals surface area contributed by atoms with Gasteiger partial charge in [-0.15, -0.1) is 0 Å². The molecule has 0 spiro atoms. The fourth-order valence-corrected chi connectivity index (χ4v) is 1.14. The smallest absolute Gasteiger partial charge is 0.396 e. The Hall–Kier alpha value is -2.00. The third-order valence-electron chi connectivity index (χ3n) is 1.95. The first kappa shape index (κ1) is 11.1. The standard InChI is InChI=1S/C10H11N3O2/c1-8(7-15-10(14)12-13-11)9-5-3-2-4-6-9/h2-6,8H,7H2,1H3/t8-/m1/s1. The summed E-state index contributed by atoms with van der Waals surface area (Å²) >= 11 is 0. The molecule has 0 N–H and O–H groups in total. The Morgan fingerprint density at radius 1 is 1.53 bits per heavy atom. The molecular weight excluding hydrogens is 194 g/mol. The average Bonchev–Trinajstić information content (AvgIpc) is 2.27. The second-order valence-corrected chi connectivity index (χ2v) is 3.08. The van der Waals surface area contributed by atoms with Gasteiger partial charge < -0.3 is 4.74 Å². The van der Waals surface area contributed by atoms with Gasteiger partial charge in [-0.1, -0.05) is 37.3 Å². The molecule has 0 saturated heterocycles. The van der Waals surface area contributed by atoms with Gasteiger partial charge in [-0.2, -0.15) is 0 Å². The zero-order chi connectivity index (χ0) is 11.1. The number of nitrogens with zero attached hydrogens (tertiary/aromatic N) is 3. The Labute approximate surface area is 87.3 Å². The molecule has 1 rings (SSSR count). The lowest BCUT2D eigenvalue weighted by Crippen LogP contribution is -2.07. The van der Waals surface area contributed by atoms with E-state index in [1.807, 2.05) is 37.3 Å². The molecule has 0 aromatic heterocycles. The number of rotatable bonds is 3. The van der Waals surface area contributed by atoms with Crippen LogP contribution in [0.4, 0.5) is 4.79 Å². The van der Waals surface area contributed by atoms with Crippen molar-refractivity contribution < 1.29 is 9.53 Å². The van der Waals surface area contributed by atoms with E-state index in [0.29, 0.717) is 0 Å². The molecule has 0 radical (unpaired) electrons. The Bertz CT molecular complexity index is 372. The molecule has 1 aromatic rings. The molecule has 1 aromatic carbocycles. The molecule has 0 fully saturated rings. The van der Waals surface area contributed by atoms with E-state index < -0.39 is 6.09 Å². The van der Waals surface area contributed by atoms with Crippen LogP contribution in [-0.2, 0) is 4.74 Å². The number of azide groups is 1. The minimum Gasteiger partial charge on any atom is -0.460 e. The van der Waals surface area contributed by atoms with Crippen LogP contribution in [0.15, 0.2) is 35.4 Å². The molecule has 5 heteroatoms. The zero-order valence-corrected chi connectivity index (χ0v) is 8.33. The van der Waals surface area contributed by atoms with E-state index in [-0.39, 0.29) is 12.5 Å². The SMILES string of the molecule is C[C@H](COC(=O)N=[N+]=[N-])c1ccccc1. The van der Waals surface area contributed by atoms with E-state index >= 15 is 0 Å². The highest BCUT2D eigenvalue weighted by Gasteiger charge is 2.07. The highest BCUT2D eigenvalue weighted by atomic mass is 16.5. The Kier molecular flexibility index (Phi) is 4.19. The van der Waals surface area contributed by atoms with Crippen LogP contribution in [0.2, 0.25) is 0 Å². The topological polar surface area (TPSA) is 75.1 Å². The van der Waals surface area contributed by atoms with E-state index in [1.54, 1.807) is 0 Å². The molecule has 0 aliphatic carbocycles. The first-order valence-corrected chi connectivity index (χ1v) is 4.51. The zero-order valence-electron chi connectivity index (χ0n) is 8.33. The third-order valence-corrected chi connectivity index (χ3v) is 1.95. The Morgan fingerprint density at radius 3 is 2.80 bits per heavy atom. The number of amides is 1. The highest BCUT2D eigenvalue weighted by molar-refractivity contribution is 5.67. The van der Waals surface area contributed by atoms with Gasteiger partial charge in [-0.3, -0.25) is 0 Å². The van der Waals surface area contributed by atoms with Gasteiger partial charge in [0.15, 0.2) is 0 Å². The lowest BCUT2D eigenvalue weighted by Gasteiger charge is -2.10. The van der Waals surface area contributed by atoms with Crippen LogP contribution in [0.1, 0.15) is 18.4 Å². The third kappa shape index (κ3) is 3.70. The van der Waals surface area contributed by atoms with E-state index in [4.69, 9.17) is 10.3 Å². The van der Waals surface area contributed by atoms with Gasteiger partial charge >= 0.3 is 6.09 Å². The number of benzene rings is 1. The summed E-state index contributed by atoms with van der Waals surface area (Å²) in [5, 5.41) is 2.81. The summed E-state index contributed by atoms with van der Waals surface area (Å²) in [6.07, 6.45) is -0.889. The van der Waals surface area contributed by atoms with Crippen molar-refractivity contribution in [3.63, 3.8) is 0 Å². The normalized spacial score (nSPS) is 11.3. The van der Waals surface area contributed by atoms with Gasteiger partial charge in [0.25, 0.3) is 0 Å². The summed E-state index contributed by atoms with van der Waals surface area (Å²) in [4.78, 5) is 13.1. The molecule has 15 heavy (non-hydrogen) atoms. The van der Waals surface area contributed by atoms with E-state index in [0.717, 1.165) is 5.56 Å². The van der Waals surface area contributed by atoms with E-state index in [1.165, 1.54) is 0 Å². The molecule has 0 aliphatic rings. The predicted octanol–water partition coefficient (Wildman–Crippen LogP) is 3.24. The van der Waals surface area contributed by atoms with Crippen LogP contribution < -0.4 is 0 Å². The van der Waals surface area contributed by atoms with Crippen molar-refractivity contribution in [2.45, 2.75) is 12.8 Å². The first-order chi connectivity index (χ1) is 7.24. The summed E-state index contributed by atoms with van der Waals surface area (Å²) in [6.45, 7) is 2.14. The minimum absolute atomic E-state index is 0.0871. The van der Waals surface area contributed by atoms with Gasteiger partial charge in [0.05, 0.1) is 6.61 Å². The maximum Gasteiger partial charge on any atom is 0.396 e. The van der Waals surface area contributed by atoms with Gasteiger partial charge in [0.1, 0.15) is 0 Å². The van der Waals surface area contributed by atoms with Crippen LogP contribution in [0.25, 0.3) is 10.4 Å². The number of carbonyl (C=O) groups excluding carboxylic acids is 1. The molecule has 0 heterocycles. The second kappa shape index (κ2) is 5.67. The number of hydrogen-bond acceptors (Lipinski definition) is 2. The Morgan fingerprint density at radius 2 is 2.20 bits per heavy atom. The van der Waals surface area contributed by atoms with Crippen LogP contribution in [0.3, 0.4) is 0 Å². The van der Waals surface area contributed by atoms with Gasteiger partial charge in [-0.05, 0) is 11.1 Å². The average molecular weight is 205 g/mol. The van der Waals surface area contributed by atoms with Gasteiger partial charge in [-0.25, -0.2) is 4.79 Å². The lowest BCUT2D eigenvalue weighted by atomic mass is 10.0. The van der Waals surface area contributed by atoms with E-state index in [2.05, 4.69) is 10.0 Å². The molecule has 0 aliphatic heterocycles. The molecule has 1 atom stereocenters. The Balaban J connectivity index is 2.47. The molecule has 0 unspecified atom stereocenters. The van der Waals surface area contributed by atoms with Crippen molar-refractivity contribution >= 4 is 6.09 Å². The van der Waals surface area contributed by atoms with Crippen molar-refractivity contribution in [3.8, 4) is 0 Å². The summed E-state index contributed by atoms with van der Waals surface area (Å²) < 4.78 is 4.74. The number of ether oxygens (including phenoxy) is 1. The van der Waals surface area contributed by atoms with Crippen molar-refractivity contribution in [3.05, 3.63) is 46.3 Å². The lowest BCUT2D eigenvalue weighted by molar-refractivity contribution is 0.151.